The van der Waals surface area contributed by atoms with Crippen LogP contribution in [0.5, 0.6) is 28.7 Å². The van der Waals surface area contributed by atoms with Crippen molar-refractivity contribution in [3.63, 3.8) is 0 Å². The van der Waals surface area contributed by atoms with E-state index in [0.717, 1.165) is 6.08 Å². The van der Waals surface area contributed by atoms with Gasteiger partial charge in [-0.2, -0.15) is 4.91 Å². The van der Waals surface area contributed by atoms with Crippen LogP contribution < -0.4 is 29.1 Å². The van der Waals surface area contributed by atoms with Crippen molar-refractivity contribution in [2.24, 2.45) is 5.09 Å². The first-order chi connectivity index (χ1) is 24.6. The Kier molecular flexibility index (Phi) is 13.9. The fourth-order valence-corrected chi connectivity index (χ4v) is 4.71. The predicted octanol–water partition coefficient (Wildman–Crippen LogP) is 5.85. The SMILES string of the molecule is C=CC(=O)OCCCCOc1ccc(C(=O)Oc2cc(C)c(OC(=O)c3ccc(OCCOc4ccc(B(O)N=O)cc4)cc3)c(C)c2C)cc1. The summed E-state index contributed by atoms with van der Waals surface area (Å²) in [6.07, 6.45) is 2.46. The first kappa shape index (κ1) is 37.9. The lowest BCUT2D eigenvalue weighted by Gasteiger charge is -2.16. The quantitative estimate of drug-likeness (QED) is 0.0333. The predicted molar refractivity (Wildman–Crippen MR) is 190 cm³/mol. The number of esters is 3. The highest BCUT2D eigenvalue weighted by atomic mass is 16.5. The first-order valence-corrected chi connectivity index (χ1v) is 16.1. The number of carbonyl (C=O) groups is 3. The number of ether oxygens (including phenoxy) is 6. The van der Waals surface area contributed by atoms with E-state index in [0.29, 0.717) is 88.1 Å². The molecule has 0 saturated carbocycles. The van der Waals surface area contributed by atoms with Gasteiger partial charge in [0.25, 0.3) is 0 Å². The third-order valence-corrected chi connectivity index (χ3v) is 7.67. The summed E-state index contributed by atoms with van der Waals surface area (Å²) in [4.78, 5) is 47.5. The fraction of sp³-hybridized carbons (Fsp3) is 0.237. The Morgan fingerprint density at radius 1 is 0.706 bits per heavy atom. The van der Waals surface area contributed by atoms with Crippen LogP contribution in [0, 0.1) is 25.7 Å². The number of unbranched alkanes of at least 4 members (excludes halogenated alkanes) is 1. The summed E-state index contributed by atoms with van der Waals surface area (Å²) in [5.41, 5.74) is 2.94. The maximum Gasteiger partial charge on any atom is 0.517 e. The topological polar surface area (TPSA) is 156 Å². The zero-order chi connectivity index (χ0) is 36.8. The van der Waals surface area contributed by atoms with Crippen LogP contribution in [-0.2, 0) is 9.53 Å². The molecule has 4 aromatic carbocycles. The molecule has 0 bridgehead atoms. The van der Waals surface area contributed by atoms with Crippen LogP contribution in [0.1, 0.15) is 50.2 Å². The molecule has 51 heavy (non-hydrogen) atoms. The summed E-state index contributed by atoms with van der Waals surface area (Å²) < 4.78 is 33.4. The number of carbonyl (C=O) groups excluding carboxylic acids is 3. The van der Waals surface area contributed by atoms with Gasteiger partial charge < -0.3 is 33.4 Å². The molecule has 0 aliphatic rings. The minimum absolute atomic E-state index is 0.234. The Morgan fingerprint density at radius 3 is 1.73 bits per heavy atom. The molecule has 264 valence electrons. The molecule has 4 aromatic rings. The molecule has 0 fully saturated rings. The molecule has 0 aromatic heterocycles. The van der Waals surface area contributed by atoms with Crippen molar-refractivity contribution in [2.45, 2.75) is 33.6 Å². The highest BCUT2D eigenvalue weighted by Gasteiger charge is 2.19. The van der Waals surface area contributed by atoms with Crippen LogP contribution in [0.3, 0.4) is 0 Å². The number of rotatable bonds is 18. The third kappa shape index (κ3) is 11.0. The van der Waals surface area contributed by atoms with Crippen molar-refractivity contribution in [3.8, 4) is 28.7 Å². The highest BCUT2D eigenvalue weighted by molar-refractivity contribution is 6.64. The normalized spacial score (nSPS) is 10.4. The molecule has 13 heteroatoms. The lowest BCUT2D eigenvalue weighted by molar-refractivity contribution is -0.137. The molecule has 0 unspecified atom stereocenters. The van der Waals surface area contributed by atoms with Crippen LogP contribution >= 0.6 is 0 Å². The smallest absolute Gasteiger partial charge is 0.494 e. The molecule has 1 N–H and O–H groups in total. The summed E-state index contributed by atoms with van der Waals surface area (Å²) in [7, 11) is -1.41. The summed E-state index contributed by atoms with van der Waals surface area (Å²) in [6, 6.07) is 21.1. The zero-order valence-electron chi connectivity index (χ0n) is 28.6. The fourth-order valence-electron chi connectivity index (χ4n) is 4.71. The maximum atomic E-state index is 13.0. The first-order valence-electron chi connectivity index (χ1n) is 16.1. The average Bonchev–Trinajstić information content (AvgIpc) is 3.15. The van der Waals surface area contributed by atoms with Crippen molar-refractivity contribution >= 4 is 30.4 Å². The molecule has 0 spiro atoms. The van der Waals surface area contributed by atoms with Gasteiger partial charge in [0.2, 0.25) is 0 Å². The second-order valence-electron chi connectivity index (χ2n) is 11.3. The van der Waals surface area contributed by atoms with Crippen molar-refractivity contribution in [3.05, 3.63) is 124 Å². The van der Waals surface area contributed by atoms with E-state index in [1.807, 2.05) is 0 Å². The van der Waals surface area contributed by atoms with E-state index in [2.05, 4.69) is 11.7 Å². The molecule has 0 saturated heterocycles. The Bertz CT molecular complexity index is 1830. The van der Waals surface area contributed by atoms with Crippen LogP contribution in [0.4, 0.5) is 0 Å². The van der Waals surface area contributed by atoms with E-state index < -0.39 is 25.0 Å². The minimum Gasteiger partial charge on any atom is -0.494 e. The van der Waals surface area contributed by atoms with Gasteiger partial charge in [-0.05, 0) is 122 Å². The number of benzene rings is 4. The number of nitrogens with zero attached hydrogens (tertiary/aromatic N) is 1. The van der Waals surface area contributed by atoms with Crippen molar-refractivity contribution < 1.29 is 47.8 Å². The molecule has 0 radical (unpaired) electrons. The average molecular weight is 696 g/mol. The molecular weight excluding hydrogens is 657 g/mol. The van der Waals surface area contributed by atoms with Crippen LogP contribution in [0.25, 0.3) is 0 Å². The summed E-state index contributed by atoms with van der Waals surface area (Å²) in [5.74, 6) is 0.828. The number of hydrogen-bond acceptors (Lipinski definition) is 12. The molecule has 12 nitrogen and oxygen atoms in total. The Morgan fingerprint density at radius 2 is 1.20 bits per heavy atom. The minimum atomic E-state index is -1.41. The maximum absolute atomic E-state index is 13.0. The standard InChI is InChI=1S/C38H38BNO11/c1-5-35(41)49-21-7-6-20-46-31-14-8-28(9-15-31)37(42)50-34-24-25(2)36(27(4)26(34)3)51-38(43)29-10-16-32(17-11-29)47-22-23-48-33-18-12-30(13-19-33)39(44)40-45/h5,8-19,24,44H,1,6-7,20-23H2,2-4H3. The van der Waals surface area contributed by atoms with E-state index >= 15 is 0 Å². The second-order valence-corrected chi connectivity index (χ2v) is 11.3. The molecule has 4 rings (SSSR count). The van der Waals surface area contributed by atoms with E-state index in [9.17, 15) is 24.3 Å². The van der Waals surface area contributed by atoms with Gasteiger partial charge in [0.1, 0.15) is 42.0 Å². The number of aryl methyl sites for hydroxylation is 1. The van der Waals surface area contributed by atoms with E-state index in [1.165, 1.54) is 0 Å². The molecule has 0 aliphatic heterocycles. The van der Waals surface area contributed by atoms with Crippen LogP contribution in [0.2, 0.25) is 0 Å². The van der Waals surface area contributed by atoms with Gasteiger partial charge in [0, 0.05) is 6.08 Å². The Balaban J connectivity index is 1.25. The zero-order valence-corrected chi connectivity index (χ0v) is 28.6. The monoisotopic (exact) mass is 695 g/mol. The molecule has 0 amide bonds. The van der Waals surface area contributed by atoms with Crippen molar-refractivity contribution in [1.82, 2.24) is 0 Å². The van der Waals surface area contributed by atoms with Crippen molar-refractivity contribution in [2.75, 3.05) is 26.4 Å². The van der Waals surface area contributed by atoms with Gasteiger partial charge in [-0.15, -0.1) is 0 Å². The highest BCUT2D eigenvalue weighted by Crippen LogP contribution is 2.34. The number of hydrogen-bond donors (Lipinski definition) is 1. The Labute approximate surface area is 296 Å². The van der Waals surface area contributed by atoms with Gasteiger partial charge >= 0.3 is 25.0 Å². The Hall–Kier alpha value is -5.95. The van der Waals surface area contributed by atoms with E-state index in [-0.39, 0.29) is 13.2 Å². The molecule has 0 atom stereocenters. The molecule has 0 heterocycles. The lowest BCUT2D eigenvalue weighted by atomic mass is 9.76. The van der Waals surface area contributed by atoms with Gasteiger partial charge in [-0.25, -0.2) is 14.4 Å². The molecular formula is C38H38BNO11. The lowest BCUT2D eigenvalue weighted by Crippen LogP contribution is -2.27. The molecule has 0 aliphatic carbocycles. The number of nitroso groups, excluding NO2 is 1. The van der Waals surface area contributed by atoms with Gasteiger partial charge in [0.05, 0.1) is 24.3 Å². The van der Waals surface area contributed by atoms with Gasteiger partial charge in [-0.1, -0.05) is 23.8 Å². The third-order valence-electron chi connectivity index (χ3n) is 7.67. The van der Waals surface area contributed by atoms with Crippen LogP contribution in [-0.4, -0.2) is 56.4 Å². The van der Waals surface area contributed by atoms with E-state index in [4.69, 9.17) is 28.4 Å². The second kappa shape index (κ2) is 18.7. The van der Waals surface area contributed by atoms with Gasteiger partial charge in [0.15, 0.2) is 0 Å². The van der Waals surface area contributed by atoms with Crippen LogP contribution in [0.15, 0.2) is 96.6 Å². The van der Waals surface area contributed by atoms with E-state index in [1.54, 1.807) is 99.6 Å². The summed E-state index contributed by atoms with van der Waals surface area (Å²) in [5, 5.41) is 12.0. The summed E-state index contributed by atoms with van der Waals surface area (Å²) in [6.45, 7) is 9.88. The van der Waals surface area contributed by atoms with Crippen molar-refractivity contribution in [1.29, 1.82) is 0 Å². The largest absolute Gasteiger partial charge is 0.517 e. The van der Waals surface area contributed by atoms with Gasteiger partial charge in [-0.3, -0.25) is 0 Å². The summed E-state index contributed by atoms with van der Waals surface area (Å²) >= 11 is 0.